The van der Waals surface area contributed by atoms with Crippen LogP contribution in [0.1, 0.15) is 32.3 Å². The second-order valence-electron chi connectivity index (χ2n) is 3.95. The molecule has 0 atom stereocenters. The van der Waals surface area contributed by atoms with Crippen molar-refractivity contribution >= 4 is 6.08 Å². The van der Waals surface area contributed by atoms with Gasteiger partial charge in [-0.25, -0.2) is 0 Å². The molecule has 3 nitrogen and oxygen atoms in total. The first-order valence-electron chi connectivity index (χ1n) is 6.04. The predicted octanol–water partition coefficient (Wildman–Crippen LogP) is 3.63. The van der Waals surface area contributed by atoms with E-state index in [9.17, 15) is 0 Å². The van der Waals surface area contributed by atoms with Gasteiger partial charge in [-0.15, -0.1) is 0 Å². The van der Waals surface area contributed by atoms with Crippen molar-refractivity contribution in [3.63, 3.8) is 0 Å². The van der Waals surface area contributed by atoms with Gasteiger partial charge in [0.15, 0.2) is 11.5 Å². The molecule has 0 saturated carbocycles. The normalized spacial score (nSPS) is 13.3. The summed E-state index contributed by atoms with van der Waals surface area (Å²) < 4.78 is 16.6. The number of allylic oxidation sites excluding steroid dienone is 1. The average molecular weight is 234 g/mol. The fourth-order valence-corrected chi connectivity index (χ4v) is 1.72. The van der Waals surface area contributed by atoms with Crippen molar-refractivity contribution in [1.82, 2.24) is 0 Å². The second-order valence-corrected chi connectivity index (χ2v) is 3.95. The molecule has 0 amide bonds. The second kappa shape index (κ2) is 5.62. The molecule has 0 saturated heterocycles. The van der Waals surface area contributed by atoms with Crippen LogP contribution < -0.4 is 14.2 Å². The van der Waals surface area contributed by atoms with E-state index in [1.54, 1.807) is 0 Å². The van der Waals surface area contributed by atoms with Gasteiger partial charge in [0.2, 0.25) is 12.5 Å². The molecule has 17 heavy (non-hydrogen) atoms. The zero-order valence-corrected chi connectivity index (χ0v) is 10.4. The van der Waals surface area contributed by atoms with Crippen LogP contribution in [-0.2, 0) is 0 Å². The lowest BCUT2D eigenvalue weighted by atomic mass is 10.1. The van der Waals surface area contributed by atoms with Crippen LogP contribution in [0.25, 0.3) is 6.08 Å². The topological polar surface area (TPSA) is 27.7 Å². The number of hydrogen-bond donors (Lipinski definition) is 0. The molecule has 3 heteroatoms. The molecule has 0 aromatic heterocycles. The summed E-state index contributed by atoms with van der Waals surface area (Å²) in [6, 6.07) is 3.96. The smallest absolute Gasteiger partial charge is 0.231 e. The maximum atomic E-state index is 5.74. The quantitative estimate of drug-likeness (QED) is 0.728. The molecular weight excluding hydrogens is 216 g/mol. The van der Waals surface area contributed by atoms with Crippen LogP contribution in [0.15, 0.2) is 18.2 Å². The van der Waals surface area contributed by atoms with Gasteiger partial charge in [0, 0.05) is 0 Å². The molecule has 0 spiro atoms. The summed E-state index contributed by atoms with van der Waals surface area (Å²) in [7, 11) is 0. The number of rotatable bonds is 5. The zero-order chi connectivity index (χ0) is 12.1. The van der Waals surface area contributed by atoms with Crippen LogP contribution >= 0.6 is 0 Å². The highest BCUT2D eigenvalue weighted by Gasteiger charge is 2.19. The van der Waals surface area contributed by atoms with Crippen LogP contribution in [0, 0.1) is 0 Å². The summed E-state index contributed by atoms with van der Waals surface area (Å²) in [5.74, 6) is 2.28. The lowest BCUT2D eigenvalue weighted by Crippen LogP contribution is -1.98. The van der Waals surface area contributed by atoms with Crippen molar-refractivity contribution in [2.75, 3.05) is 13.4 Å². The molecule has 1 aliphatic rings. The Morgan fingerprint density at radius 1 is 1.35 bits per heavy atom. The number of hydrogen-bond acceptors (Lipinski definition) is 3. The van der Waals surface area contributed by atoms with Crippen molar-refractivity contribution in [3.05, 3.63) is 23.8 Å². The van der Waals surface area contributed by atoms with Crippen LogP contribution in [0.3, 0.4) is 0 Å². The van der Waals surface area contributed by atoms with Crippen LogP contribution in [0.4, 0.5) is 0 Å². The summed E-state index contributed by atoms with van der Waals surface area (Å²) in [5.41, 5.74) is 1.07. The minimum atomic E-state index is 0.277. The highest BCUT2D eigenvalue weighted by Crippen LogP contribution is 2.42. The van der Waals surface area contributed by atoms with Gasteiger partial charge in [-0.05, 0) is 31.0 Å². The standard InChI is InChI=1S/C14H18O3/c1-3-5-7-15-12-8-11(6-4-2)9-13-14(12)17-10-16-13/h4,6,8-9H,3,5,7,10H2,1-2H3/b6-4+. The number of benzene rings is 1. The van der Waals surface area contributed by atoms with Gasteiger partial charge < -0.3 is 14.2 Å². The minimum absolute atomic E-state index is 0.277. The first kappa shape index (κ1) is 11.8. The fraction of sp³-hybridized carbons (Fsp3) is 0.429. The summed E-state index contributed by atoms with van der Waals surface area (Å²) >= 11 is 0. The van der Waals surface area contributed by atoms with E-state index in [2.05, 4.69) is 6.92 Å². The Labute approximate surface area is 102 Å². The van der Waals surface area contributed by atoms with E-state index in [-0.39, 0.29) is 6.79 Å². The van der Waals surface area contributed by atoms with Gasteiger partial charge in [0.05, 0.1) is 6.61 Å². The third kappa shape index (κ3) is 2.73. The van der Waals surface area contributed by atoms with E-state index in [1.165, 1.54) is 0 Å². The Balaban J connectivity index is 2.22. The molecule has 0 N–H and O–H groups in total. The molecule has 1 aromatic rings. The Hall–Kier alpha value is -1.64. The third-order valence-corrected chi connectivity index (χ3v) is 2.58. The first-order valence-corrected chi connectivity index (χ1v) is 6.04. The van der Waals surface area contributed by atoms with Crippen molar-refractivity contribution in [2.45, 2.75) is 26.7 Å². The monoisotopic (exact) mass is 234 g/mol. The van der Waals surface area contributed by atoms with E-state index in [0.29, 0.717) is 6.61 Å². The molecule has 92 valence electrons. The Kier molecular flexibility index (Phi) is 3.91. The van der Waals surface area contributed by atoms with Crippen molar-refractivity contribution in [3.8, 4) is 17.2 Å². The zero-order valence-electron chi connectivity index (χ0n) is 10.4. The molecule has 0 radical (unpaired) electrons. The molecule has 0 aliphatic carbocycles. The van der Waals surface area contributed by atoms with Crippen LogP contribution in [-0.4, -0.2) is 13.4 Å². The molecule has 0 unspecified atom stereocenters. The van der Waals surface area contributed by atoms with Crippen LogP contribution in [0.2, 0.25) is 0 Å². The maximum absolute atomic E-state index is 5.74. The highest BCUT2D eigenvalue weighted by molar-refractivity contribution is 5.62. The SMILES string of the molecule is C/C=C/c1cc(OCCCC)c2c(c1)OCO2. The van der Waals surface area contributed by atoms with Crippen molar-refractivity contribution < 1.29 is 14.2 Å². The molecular formula is C14H18O3. The van der Waals surface area contributed by atoms with E-state index in [4.69, 9.17) is 14.2 Å². The van der Waals surface area contributed by atoms with Gasteiger partial charge in [-0.3, -0.25) is 0 Å². The predicted molar refractivity (Wildman–Crippen MR) is 67.7 cm³/mol. The summed E-state index contributed by atoms with van der Waals surface area (Å²) in [6.45, 7) is 5.12. The molecule has 1 aromatic carbocycles. The average Bonchev–Trinajstić information content (AvgIpc) is 2.78. The van der Waals surface area contributed by atoms with E-state index in [0.717, 1.165) is 35.7 Å². The van der Waals surface area contributed by atoms with Gasteiger partial charge >= 0.3 is 0 Å². The van der Waals surface area contributed by atoms with E-state index in [1.807, 2.05) is 31.2 Å². The molecule has 1 heterocycles. The molecule has 0 fully saturated rings. The van der Waals surface area contributed by atoms with Gasteiger partial charge in [0.1, 0.15) is 0 Å². The van der Waals surface area contributed by atoms with Gasteiger partial charge in [-0.2, -0.15) is 0 Å². The molecule has 2 rings (SSSR count). The number of ether oxygens (including phenoxy) is 3. The largest absolute Gasteiger partial charge is 0.490 e. The number of fused-ring (bicyclic) bond motifs is 1. The first-order chi connectivity index (χ1) is 8.35. The van der Waals surface area contributed by atoms with Crippen LogP contribution in [0.5, 0.6) is 17.2 Å². The third-order valence-electron chi connectivity index (χ3n) is 2.58. The van der Waals surface area contributed by atoms with Crippen molar-refractivity contribution in [1.29, 1.82) is 0 Å². The Bertz CT molecular complexity index is 410. The van der Waals surface area contributed by atoms with Gasteiger partial charge in [-0.1, -0.05) is 25.5 Å². The van der Waals surface area contributed by atoms with E-state index >= 15 is 0 Å². The lowest BCUT2D eigenvalue weighted by molar-refractivity contribution is 0.169. The Morgan fingerprint density at radius 3 is 3.00 bits per heavy atom. The fourth-order valence-electron chi connectivity index (χ4n) is 1.72. The molecule has 0 bridgehead atoms. The minimum Gasteiger partial charge on any atom is -0.490 e. The highest BCUT2D eigenvalue weighted by atomic mass is 16.7. The summed E-state index contributed by atoms with van der Waals surface area (Å²) in [6.07, 6.45) is 6.18. The van der Waals surface area contributed by atoms with Crippen molar-refractivity contribution in [2.24, 2.45) is 0 Å². The summed E-state index contributed by atoms with van der Waals surface area (Å²) in [4.78, 5) is 0. The van der Waals surface area contributed by atoms with E-state index < -0.39 is 0 Å². The van der Waals surface area contributed by atoms with Gasteiger partial charge in [0.25, 0.3) is 0 Å². The summed E-state index contributed by atoms with van der Waals surface area (Å²) in [5, 5.41) is 0. The Morgan fingerprint density at radius 2 is 2.24 bits per heavy atom. The molecule has 1 aliphatic heterocycles. The lowest BCUT2D eigenvalue weighted by Gasteiger charge is -2.09. The number of unbranched alkanes of at least 4 members (excludes halogenated alkanes) is 1. The maximum Gasteiger partial charge on any atom is 0.231 e.